The molecular weight excluding hydrogens is 434 g/mol. The molecule has 174 valence electrons. The molecule has 10 nitrogen and oxygen atoms in total. The van der Waals surface area contributed by atoms with E-state index in [1.165, 1.54) is 0 Å². The minimum absolute atomic E-state index is 0.382. The van der Waals surface area contributed by atoms with Gasteiger partial charge in [-0.2, -0.15) is 4.98 Å². The van der Waals surface area contributed by atoms with Crippen LogP contribution >= 0.6 is 0 Å². The van der Waals surface area contributed by atoms with Gasteiger partial charge in [-0.05, 0) is 30.3 Å². The van der Waals surface area contributed by atoms with Crippen LogP contribution in [0.15, 0.2) is 55.0 Å². The summed E-state index contributed by atoms with van der Waals surface area (Å²) in [6.45, 7) is 3.28. The molecular formula is C24H25N7O3. The number of nitrogens with one attached hydrogen (secondary N) is 2. The van der Waals surface area contributed by atoms with Crippen molar-refractivity contribution in [1.82, 2.24) is 19.9 Å². The lowest BCUT2D eigenvalue weighted by molar-refractivity contribution is 0.122. The van der Waals surface area contributed by atoms with Crippen molar-refractivity contribution in [2.24, 2.45) is 0 Å². The van der Waals surface area contributed by atoms with E-state index in [9.17, 15) is 0 Å². The van der Waals surface area contributed by atoms with Crippen molar-refractivity contribution in [3.63, 3.8) is 0 Å². The summed E-state index contributed by atoms with van der Waals surface area (Å²) in [5, 5.41) is 7.33. The number of hydrogen-bond donors (Lipinski definition) is 2. The van der Waals surface area contributed by atoms with Crippen LogP contribution in [-0.2, 0) is 4.74 Å². The number of fused-ring (bicyclic) bond motifs is 1. The Kier molecular flexibility index (Phi) is 6.21. The fraction of sp³-hybridized carbons (Fsp3) is 0.250. The number of morpholine rings is 1. The van der Waals surface area contributed by atoms with Gasteiger partial charge in [0.05, 0.1) is 39.1 Å². The van der Waals surface area contributed by atoms with Crippen molar-refractivity contribution >= 4 is 39.9 Å². The number of hydrogen-bond acceptors (Lipinski definition) is 10. The first-order valence-electron chi connectivity index (χ1n) is 10.9. The second-order valence-corrected chi connectivity index (χ2v) is 7.61. The molecule has 0 amide bonds. The highest BCUT2D eigenvalue weighted by Crippen LogP contribution is 2.36. The number of benzene rings is 2. The highest BCUT2D eigenvalue weighted by Gasteiger charge is 2.15. The van der Waals surface area contributed by atoms with Crippen molar-refractivity contribution in [1.29, 1.82) is 0 Å². The number of anilines is 5. The molecule has 10 heteroatoms. The Morgan fingerprint density at radius 1 is 0.912 bits per heavy atom. The molecule has 2 aromatic heterocycles. The number of rotatable bonds is 7. The molecule has 4 aromatic rings. The topological polar surface area (TPSA) is 107 Å². The molecule has 1 aliphatic heterocycles. The molecule has 0 radical (unpaired) electrons. The van der Waals surface area contributed by atoms with Crippen molar-refractivity contribution in [2.75, 3.05) is 56.1 Å². The highest BCUT2D eigenvalue weighted by atomic mass is 16.5. The fourth-order valence-electron chi connectivity index (χ4n) is 3.80. The average Bonchev–Trinajstić information content (AvgIpc) is 2.89. The lowest BCUT2D eigenvalue weighted by Gasteiger charge is -2.29. The van der Waals surface area contributed by atoms with Gasteiger partial charge in [0.1, 0.15) is 5.82 Å². The van der Waals surface area contributed by atoms with E-state index in [0.29, 0.717) is 34.6 Å². The number of nitrogens with zero attached hydrogens (tertiary/aromatic N) is 5. The van der Waals surface area contributed by atoms with Gasteiger partial charge in [0, 0.05) is 48.3 Å². The van der Waals surface area contributed by atoms with Gasteiger partial charge in [-0.1, -0.05) is 0 Å². The molecule has 0 spiro atoms. The van der Waals surface area contributed by atoms with Crippen LogP contribution < -0.4 is 25.0 Å². The molecule has 2 aromatic carbocycles. The molecule has 0 atom stereocenters. The predicted octanol–water partition coefficient (Wildman–Crippen LogP) is 3.76. The van der Waals surface area contributed by atoms with Crippen LogP contribution in [0.5, 0.6) is 11.5 Å². The maximum atomic E-state index is 5.50. The molecule has 0 bridgehead atoms. The lowest BCUT2D eigenvalue weighted by Crippen LogP contribution is -2.36. The average molecular weight is 460 g/mol. The molecule has 1 fully saturated rings. The molecule has 5 rings (SSSR count). The van der Waals surface area contributed by atoms with Crippen molar-refractivity contribution in [2.45, 2.75) is 0 Å². The summed E-state index contributed by atoms with van der Waals surface area (Å²) >= 11 is 0. The van der Waals surface area contributed by atoms with Crippen LogP contribution in [0.1, 0.15) is 0 Å². The zero-order valence-corrected chi connectivity index (χ0v) is 19.0. The molecule has 0 unspecified atom stereocenters. The Bertz CT molecular complexity index is 1260. The standard InChI is InChI=1S/C24H25N7O3/c1-32-20-13-18-19(14-21(20)33-2)28-24(29-22-15-25-7-8-26-22)30-23(18)27-16-3-5-17(6-4-16)31-9-11-34-12-10-31/h3-8,13-15H,9-12H2,1-2H3,(H2,26,27,28,29,30). The lowest BCUT2D eigenvalue weighted by atomic mass is 10.2. The first-order chi connectivity index (χ1) is 16.7. The Morgan fingerprint density at radius 3 is 2.38 bits per heavy atom. The summed E-state index contributed by atoms with van der Waals surface area (Å²) in [5.41, 5.74) is 2.75. The van der Waals surface area contributed by atoms with Crippen molar-refractivity contribution in [3.8, 4) is 11.5 Å². The summed E-state index contributed by atoms with van der Waals surface area (Å²) in [6.07, 6.45) is 4.82. The Labute approximate surface area is 196 Å². The molecule has 34 heavy (non-hydrogen) atoms. The summed E-state index contributed by atoms with van der Waals surface area (Å²) < 4.78 is 16.4. The Morgan fingerprint density at radius 2 is 1.68 bits per heavy atom. The Hall–Kier alpha value is -4.18. The SMILES string of the molecule is COc1cc2nc(Nc3cnccn3)nc(Nc3ccc(N4CCOCC4)cc3)c2cc1OC. The first kappa shape index (κ1) is 21.7. The summed E-state index contributed by atoms with van der Waals surface area (Å²) in [4.78, 5) is 20.0. The minimum Gasteiger partial charge on any atom is -0.493 e. The third-order valence-electron chi connectivity index (χ3n) is 5.51. The van der Waals surface area contributed by atoms with Crippen molar-refractivity contribution < 1.29 is 14.2 Å². The molecule has 1 saturated heterocycles. The van der Waals surface area contributed by atoms with Crippen LogP contribution in [0.3, 0.4) is 0 Å². The Balaban J connectivity index is 1.50. The van der Waals surface area contributed by atoms with Gasteiger partial charge in [0.15, 0.2) is 17.3 Å². The van der Waals surface area contributed by atoms with E-state index in [0.717, 1.165) is 43.1 Å². The van der Waals surface area contributed by atoms with Gasteiger partial charge in [0.2, 0.25) is 5.95 Å². The molecule has 0 saturated carbocycles. The van der Waals surface area contributed by atoms with Gasteiger partial charge >= 0.3 is 0 Å². The third kappa shape index (κ3) is 4.62. The quantitative estimate of drug-likeness (QED) is 0.424. The van der Waals surface area contributed by atoms with Gasteiger partial charge in [-0.25, -0.2) is 9.97 Å². The van der Waals surface area contributed by atoms with Gasteiger partial charge < -0.3 is 29.7 Å². The van der Waals surface area contributed by atoms with E-state index in [4.69, 9.17) is 19.2 Å². The maximum absolute atomic E-state index is 5.50. The zero-order chi connectivity index (χ0) is 23.3. The van der Waals surface area contributed by atoms with E-state index in [-0.39, 0.29) is 0 Å². The summed E-state index contributed by atoms with van der Waals surface area (Å²) in [5.74, 6) is 2.73. The third-order valence-corrected chi connectivity index (χ3v) is 5.51. The van der Waals surface area contributed by atoms with Crippen LogP contribution in [0.2, 0.25) is 0 Å². The normalized spacial score (nSPS) is 13.5. The van der Waals surface area contributed by atoms with E-state index in [2.05, 4.69) is 42.6 Å². The van der Waals surface area contributed by atoms with E-state index in [1.54, 1.807) is 32.8 Å². The second-order valence-electron chi connectivity index (χ2n) is 7.61. The monoisotopic (exact) mass is 459 g/mol. The van der Waals surface area contributed by atoms with E-state index < -0.39 is 0 Å². The van der Waals surface area contributed by atoms with E-state index >= 15 is 0 Å². The molecule has 1 aliphatic rings. The van der Waals surface area contributed by atoms with E-state index in [1.807, 2.05) is 24.3 Å². The number of ether oxygens (including phenoxy) is 3. The summed E-state index contributed by atoms with van der Waals surface area (Å²) in [7, 11) is 3.20. The number of methoxy groups -OCH3 is 2. The fourth-order valence-corrected chi connectivity index (χ4v) is 3.80. The highest BCUT2D eigenvalue weighted by molar-refractivity contribution is 5.94. The second kappa shape index (κ2) is 9.75. The molecule has 0 aliphatic carbocycles. The van der Waals surface area contributed by atoms with Crippen LogP contribution in [-0.4, -0.2) is 60.5 Å². The van der Waals surface area contributed by atoms with Crippen LogP contribution in [0.4, 0.5) is 29.0 Å². The minimum atomic E-state index is 0.382. The van der Waals surface area contributed by atoms with Crippen LogP contribution in [0, 0.1) is 0 Å². The first-order valence-corrected chi connectivity index (χ1v) is 10.9. The summed E-state index contributed by atoms with van der Waals surface area (Å²) in [6, 6.07) is 12.0. The smallest absolute Gasteiger partial charge is 0.230 e. The molecule has 3 heterocycles. The van der Waals surface area contributed by atoms with Crippen LogP contribution in [0.25, 0.3) is 10.9 Å². The largest absolute Gasteiger partial charge is 0.493 e. The maximum Gasteiger partial charge on any atom is 0.230 e. The predicted molar refractivity (Wildman–Crippen MR) is 131 cm³/mol. The van der Waals surface area contributed by atoms with Crippen molar-refractivity contribution in [3.05, 3.63) is 55.0 Å². The van der Waals surface area contributed by atoms with Gasteiger partial charge in [-0.3, -0.25) is 4.98 Å². The zero-order valence-electron chi connectivity index (χ0n) is 19.0. The van der Waals surface area contributed by atoms with Gasteiger partial charge in [0.25, 0.3) is 0 Å². The molecule has 2 N–H and O–H groups in total. The number of aromatic nitrogens is 4. The van der Waals surface area contributed by atoms with Gasteiger partial charge in [-0.15, -0.1) is 0 Å².